The quantitative estimate of drug-likeness (QED) is 0.786. The molecule has 1 aromatic heterocycles. The van der Waals surface area contributed by atoms with Gasteiger partial charge in [-0.15, -0.1) is 0 Å². The second-order valence-corrected chi connectivity index (χ2v) is 5.19. The summed E-state index contributed by atoms with van der Waals surface area (Å²) in [6.07, 6.45) is 0.776. The smallest absolute Gasteiger partial charge is 0.232 e. The van der Waals surface area contributed by atoms with Crippen LogP contribution in [0.4, 0.5) is 0 Å². The number of ether oxygens (including phenoxy) is 1. The van der Waals surface area contributed by atoms with Gasteiger partial charge >= 0.3 is 0 Å². The first kappa shape index (κ1) is 11.8. The van der Waals surface area contributed by atoms with Crippen LogP contribution >= 0.6 is 27.5 Å². The Bertz CT molecular complexity index is 633. The minimum absolute atomic E-state index is 0.221. The van der Waals surface area contributed by atoms with Crippen molar-refractivity contribution in [2.24, 2.45) is 0 Å². The SMILES string of the molecule is O=C(c1ccc(Br)o1)c1cc(Cl)cc2c1OCC2. The van der Waals surface area contributed by atoms with E-state index in [-0.39, 0.29) is 11.5 Å². The number of fused-ring (bicyclic) bond motifs is 1. The Kier molecular flexibility index (Phi) is 2.92. The summed E-state index contributed by atoms with van der Waals surface area (Å²) < 4.78 is 11.3. The Balaban J connectivity index is 2.10. The molecule has 0 amide bonds. The van der Waals surface area contributed by atoms with Gasteiger partial charge in [0.2, 0.25) is 5.78 Å². The van der Waals surface area contributed by atoms with Crippen molar-refractivity contribution in [2.45, 2.75) is 6.42 Å². The van der Waals surface area contributed by atoms with Crippen molar-refractivity contribution in [3.8, 4) is 5.75 Å². The normalized spacial score (nSPS) is 13.2. The van der Waals surface area contributed by atoms with Crippen LogP contribution in [0.3, 0.4) is 0 Å². The summed E-state index contributed by atoms with van der Waals surface area (Å²) in [7, 11) is 0. The van der Waals surface area contributed by atoms with Gasteiger partial charge in [-0.05, 0) is 45.8 Å². The molecule has 0 N–H and O–H groups in total. The number of hydrogen-bond donors (Lipinski definition) is 0. The lowest BCUT2D eigenvalue weighted by Gasteiger charge is -2.06. The standard InChI is InChI=1S/C13H8BrClO3/c14-11-2-1-10(18-11)12(16)9-6-8(15)5-7-3-4-17-13(7)9/h1-2,5-6H,3-4H2. The molecule has 0 saturated carbocycles. The van der Waals surface area contributed by atoms with Crippen LogP contribution in [0.2, 0.25) is 5.02 Å². The fourth-order valence-electron chi connectivity index (χ4n) is 2.01. The first-order valence-electron chi connectivity index (χ1n) is 5.40. The Morgan fingerprint density at radius 1 is 1.33 bits per heavy atom. The molecule has 0 saturated heterocycles. The number of halogens is 2. The van der Waals surface area contributed by atoms with Crippen molar-refractivity contribution >= 4 is 33.3 Å². The average Bonchev–Trinajstić information content (AvgIpc) is 2.95. The topological polar surface area (TPSA) is 39.4 Å². The largest absolute Gasteiger partial charge is 0.492 e. The predicted molar refractivity (Wildman–Crippen MR) is 70.5 cm³/mol. The van der Waals surface area contributed by atoms with Gasteiger partial charge in [-0.3, -0.25) is 4.79 Å². The highest BCUT2D eigenvalue weighted by Gasteiger charge is 2.24. The maximum atomic E-state index is 12.3. The molecule has 0 aliphatic carbocycles. The molecular formula is C13H8BrClO3. The number of hydrogen-bond acceptors (Lipinski definition) is 3. The van der Waals surface area contributed by atoms with Crippen molar-refractivity contribution in [3.63, 3.8) is 0 Å². The van der Waals surface area contributed by atoms with Crippen LogP contribution < -0.4 is 4.74 Å². The van der Waals surface area contributed by atoms with Crippen molar-refractivity contribution in [2.75, 3.05) is 6.61 Å². The zero-order chi connectivity index (χ0) is 12.7. The first-order chi connectivity index (χ1) is 8.65. The number of furan rings is 1. The van der Waals surface area contributed by atoms with Gasteiger partial charge in [0, 0.05) is 11.4 Å². The number of benzene rings is 1. The van der Waals surface area contributed by atoms with Crippen LogP contribution in [-0.4, -0.2) is 12.4 Å². The summed E-state index contributed by atoms with van der Waals surface area (Å²) in [5, 5.41) is 0.535. The second kappa shape index (κ2) is 4.44. The molecule has 1 aliphatic rings. The zero-order valence-electron chi connectivity index (χ0n) is 9.20. The lowest BCUT2D eigenvalue weighted by Crippen LogP contribution is -2.02. The molecule has 2 aromatic rings. The van der Waals surface area contributed by atoms with E-state index in [0.717, 1.165) is 12.0 Å². The van der Waals surface area contributed by atoms with Gasteiger partial charge in [0.15, 0.2) is 10.4 Å². The van der Waals surface area contributed by atoms with Gasteiger partial charge in [0.1, 0.15) is 5.75 Å². The van der Waals surface area contributed by atoms with E-state index in [0.29, 0.717) is 27.6 Å². The molecule has 18 heavy (non-hydrogen) atoms. The zero-order valence-corrected chi connectivity index (χ0v) is 11.5. The van der Waals surface area contributed by atoms with E-state index >= 15 is 0 Å². The molecule has 2 heterocycles. The lowest BCUT2D eigenvalue weighted by atomic mass is 10.0. The minimum Gasteiger partial charge on any atom is -0.492 e. The highest BCUT2D eigenvalue weighted by Crippen LogP contribution is 2.34. The Hall–Kier alpha value is -1.26. The summed E-state index contributed by atoms with van der Waals surface area (Å²) in [6.45, 7) is 0.581. The second-order valence-electron chi connectivity index (χ2n) is 3.97. The summed E-state index contributed by atoms with van der Waals surface area (Å²) in [5.74, 6) is 0.667. The molecule has 0 atom stereocenters. The molecule has 1 aliphatic heterocycles. The molecule has 0 fully saturated rings. The van der Waals surface area contributed by atoms with Gasteiger partial charge in [-0.25, -0.2) is 0 Å². The molecule has 0 bridgehead atoms. The molecule has 1 aromatic carbocycles. The molecule has 3 rings (SSSR count). The van der Waals surface area contributed by atoms with Gasteiger partial charge in [0.25, 0.3) is 0 Å². The summed E-state index contributed by atoms with van der Waals surface area (Å²) in [6, 6.07) is 6.75. The van der Waals surface area contributed by atoms with Crippen molar-refractivity contribution in [1.82, 2.24) is 0 Å². The Labute approximate surface area is 117 Å². The molecule has 5 heteroatoms. The Morgan fingerprint density at radius 2 is 2.17 bits per heavy atom. The molecule has 3 nitrogen and oxygen atoms in total. The van der Waals surface area contributed by atoms with Crippen molar-refractivity contribution in [1.29, 1.82) is 0 Å². The summed E-state index contributed by atoms with van der Waals surface area (Å²) in [4.78, 5) is 12.3. The average molecular weight is 328 g/mol. The number of carbonyl (C=O) groups is 1. The van der Waals surface area contributed by atoms with Gasteiger partial charge in [-0.1, -0.05) is 11.6 Å². The predicted octanol–water partition coefficient (Wildman–Crippen LogP) is 3.86. The van der Waals surface area contributed by atoms with Gasteiger partial charge in [0.05, 0.1) is 12.2 Å². The molecule has 0 spiro atoms. The highest BCUT2D eigenvalue weighted by molar-refractivity contribution is 9.10. The highest BCUT2D eigenvalue weighted by atomic mass is 79.9. The van der Waals surface area contributed by atoms with E-state index in [1.54, 1.807) is 18.2 Å². The van der Waals surface area contributed by atoms with Crippen LogP contribution in [0.15, 0.2) is 33.4 Å². The van der Waals surface area contributed by atoms with Gasteiger partial charge < -0.3 is 9.15 Å². The van der Waals surface area contributed by atoms with E-state index < -0.39 is 0 Å². The van der Waals surface area contributed by atoms with Crippen LogP contribution in [0.25, 0.3) is 0 Å². The van der Waals surface area contributed by atoms with Crippen molar-refractivity contribution < 1.29 is 13.9 Å². The summed E-state index contributed by atoms with van der Waals surface area (Å²) in [5.41, 5.74) is 1.42. The molecule has 0 unspecified atom stereocenters. The molecule has 92 valence electrons. The van der Waals surface area contributed by atoms with E-state index in [2.05, 4.69) is 15.9 Å². The fourth-order valence-corrected chi connectivity index (χ4v) is 2.55. The van der Waals surface area contributed by atoms with Crippen LogP contribution in [0, 0.1) is 0 Å². The number of rotatable bonds is 2. The maximum Gasteiger partial charge on any atom is 0.232 e. The number of carbonyl (C=O) groups excluding carboxylic acids is 1. The number of ketones is 1. The molecular weight excluding hydrogens is 319 g/mol. The third-order valence-electron chi connectivity index (χ3n) is 2.79. The van der Waals surface area contributed by atoms with E-state index in [1.165, 1.54) is 0 Å². The maximum absolute atomic E-state index is 12.3. The monoisotopic (exact) mass is 326 g/mol. The summed E-state index contributed by atoms with van der Waals surface area (Å²) >= 11 is 9.19. The van der Waals surface area contributed by atoms with E-state index in [1.807, 2.05) is 6.07 Å². The minimum atomic E-state index is -0.221. The van der Waals surface area contributed by atoms with Crippen LogP contribution in [0.5, 0.6) is 5.75 Å². The fraction of sp³-hybridized carbons (Fsp3) is 0.154. The molecule has 0 radical (unpaired) electrons. The Morgan fingerprint density at radius 3 is 2.89 bits per heavy atom. The van der Waals surface area contributed by atoms with Crippen LogP contribution in [0.1, 0.15) is 21.7 Å². The van der Waals surface area contributed by atoms with E-state index in [4.69, 9.17) is 20.8 Å². The van der Waals surface area contributed by atoms with Crippen LogP contribution in [-0.2, 0) is 6.42 Å². The van der Waals surface area contributed by atoms with Crippen molar-refractivity contribution in [3.05, 3.63) is 50.8 Å². The third kappa shape index (κ3) is 1.95. The van der Waals surface area contributed by atoms with Gasteiger partial charge in [-0.2, -0.15) is 0 Å². The third-order valence-corrected chi connectivity index (χ3v) is 3.43. The lowest BCUT2D eigenvalue weighted by molar-refractivity contribution is 0.100. The van der Waals surface area contributed by atoms with E-state index in [9.17, 15) is 4.79 Å². The first-order valence-corrected chi connectivity index (χ1v) is 6.57.